The molecule has 2 amide bonds. The summed E-state index contributed by atoms with van der Waals surface area (Å²) in [6.45, 7) is 1.33. The minimum atomic E-state index is -0.292. The van der Waals surface area contributed by atoms with Crippen LogP contribution < -0.4 is 15.4 Å². The average Bonchev–Trinajstić information content (AvgIpc) is 2.98. The van der Waals surface area contributed by atoms with E-state index in [1.807, 2.05) is 30.5 Å². The molecule has 3 aromatic rings. The number of methoxy groups -OCH3 is 2. The number of para-hydroxylation sites is 1. The fraction of sp³-hybridized carbons (Fsp3) is 0.211. The van der Waals surface area contributed by atoms with Crippen LogP contribution >= 0.6 is 0 Å². The lowest BCUT2D eigenvalue weighted by Crippen LogP contribution is -2.19. The van der Waals surface area contributed by atoms with E-state index < -0.39 is 0 Å². The topological polar surface area (TPSA) is 64.5 Å². The number of aromatic nitrogens is 1. The molecule has 0 bridgehead atoms. The predicted molar refractivity (Wildman–Crippen MR) is 99.4 cm³/mol. The maximum absolute atomic E-state index is 12.3. The first-order valence-corrected chi connectivity index (χ1v) is 8.00. The zero-order valence-electron chi connectivity index (χ0n) is 14.3. The molecule has 0 unspecified atom stereocenters. The van der Waals surface area contributed by atoms with Crippen molar-refractivity contribution < 1.29 is 14.3 Å². The molecule has 130 valence electrons. The van der Waals surface area contributed by atoms with Gasteiger partial charge in [-0.1, -0.05) is 18.2 Å². The summed E-state index contributed by atoms with van der Waals surface area (Å²) in [7, 11) is 3.28. The van der Waals surface area contributed by atoms with E-state index in [0.717, 1.165) is 28.9 Å². The second-order valence-corrected chi connectivity index (χ2v) is 5.55. The third kappa shape index (κ3) is 3.92. The van der Waals surface area contributed by atoms with E-state index in [4.69, 9.17) is 9.47 Å². The van der Waals surface area contributed by atoms with E-state index in [9.17, 15) is 4.79 Å². The number of hydrogen-bond donors (Lipinski definition) is 2. The molecule has 0 aliphatic carbocycles. The minimum Gasteiger partial charge on any atom is -0.497 e. The first kappa shape index (κ1) is 16.9. The Morgan fingerprint density at radius 2 is 1.80 bits per heavy atom. The number of nitrogens with one attached hydrogen (secondary N) is 2. The molecule has 1 heterocycles. The Hall–Kier alpha value is -2.99. The van der Waals surface area contributed by atoms with Gasteiger partial charge in [0.15, 0.2) is 0 Å². The fourth-order valence-corrected chi connectivity index (χ4v) is 2.68. The van der Waals surface area contributed by atoms with Crippen molar-refractivity contribution in [2.45, 2.75) is 6.54 Å². The van der Waals surface area contributed by atoms with Crippen molar-refractivity contribution in [1.82, 2.24) is 4.57 Å². The average molecular weight is 339 g/mol. The Balaban J connectivity index is 1.76. The number of benzene rings is 2. The van der Waals surface area contributed by atoms with E-state index in [2.05, 4.69) is 15.2 Å². The zero-order chi connectivity index (χ0) is 17.6. The molecule has 0 aliphatic rings. The quantitative estimate of drug-likeness (QED) is 0.715. The van der Waals surface area contributed by atoms with Gasteiger partial charge in [-0.25, -0.2) is 4.79 Å². The van der Waals surface area contributed by atoms with Crippen LogP contribution in [-0.2, 0) is 11.3 Å². The number of fused-ring (bicyclic) bond motifs is 1. The highest BCUT2D eigenvalue weighted by molar-refractivity contribution is 6.06. The normalized spacial score (nSPS) is 10.6. The first-order valence-electron chi connectivity index (χ1n) is 8.00. The SMILES string of the molecule is COCCn1cc(NC(=O)Nc2ccc(OC)cc2)c2ccccc21. The van der Waals surface area contributed by atoms with Gasteiger partial charge in [0.2, 0.25) is 0 Å². The smallest absolute Gasteiger partial charge is 0.323 e. The number of anilines is 2. The van der Waals surface area contributed by atoms with Crippen molar-refractivity contribution in [1.29, 1.82) is 0 Å². The monoisotopic (exact) mass is 339 g/mol. The summed E-state index contributed by atoms with van der Waals surface area (Å²) in [6, 6.07) is 14.8. The van der Waals surface area contributed by atoms with Crippen molar-refractivity contribution >= 4 is 28.3 Å². The molecule has 0 spiro atoms. The summed E-state index contributed by atoms with van der Waals surface area (Å²) in [5.74, 6) is 0.743. The van der Waals surface area contributed by atoms with Crippen molar-refractivity contribution in [3.8, 4) is 5.75 Å². The van der Waals surface area contributed by atoms with Crippen molar-refractivity contribution in [2.75, 3.05) is 31.5 Å². The van der Waals surface area contributed by atoms with Gasteiger partial charge in [0.1, 0.15) is 5.75 Å². The van der Waals surface area contributed by atoms with E-state index in [0.29, 0.717) is 12.3 Å². The van der Waals surface area contributed by atoms with Gasteiger partial charge in [0.05, 0.1) is 24.9 Å². The van der Waals surface area contributed by atoms with E-state index in [-0.39, 0.29) is 6.03 Å². The largest absolute Gasteiger partial charge is 0.497 e. The number of amides is 2. The van der Waals surface area contributed by atoms with Gasteiger partial charge in [0.25, 0.3) is 0 Å². The Kier molecular flexibility index (Phi) is 5.20. The number of ether oxygens (including phenoxy) is 2. The summed E-state index contributed by atoms with van der Waals surface area (Å²) >= 11 is 0. The number of nitrogens with zero attached hydrogens (tertiary/aromatic N) is 1. The molecule has 25 heavy (non-hydrogen) atoms. The molecule has 0 atom stereocenters. The van der Waals surface area contributed by atoms with Crippen LogP contribution in [-0.4, -0.2) is 31.4 Å². The van der Waals surface area contributed by atoms with Crippen LogP contribution in [0.15, 0.2) is 54.7 Å². The summed E-state index contributed by atoms with van der Waals surface area (Å²) in [5, 5.41) is 6.72. The maximum Gasteiger partial charge on any atom is 0.323 e. The fourth-order valence-electron chi connectivity index (χ4n) is 2.68. The highest BCUT2D eigenvalue weighted by Gasteiger charge is 2.11. The molecule has 0 fully saturated rings. The highest BCUT2D eigenvalue weighted by Crippen LogP contribution is 2.26. The third-order valence-electron chi connectivity index (χ3n) is 3.92. The molecule has 0 radical (unpaired) electrons. The number of hydrogen-bond acceptors (Lipinski definition) is 3. The predicted octanol–water partition coefficient (Wildman–Crippen LogP) is 3.94. The maximum atomic E-state index is 12.3. The summed E-state index contributed by atoms with van der Waals surface area (Å²) in [5.41, 5.74) is 2.51. The summed E-state index contributed by atoms with van der Waals surface area (Å²) in [6.07, 6.45) is 1.93. The minimum absolute atomic E-state index is 0.292. The molecular weight excluding hydrogens is 318 g/mol. The van der Waals surface area contributed by atoms with Crippen LogP contribution in [0, 0.1) is 0 Å². The molecule has 0 saturated heterocycles. The van der Waals surface area contributed by atoms with Gasteiger partial charge in [0, 0.05) is 30.9 Å². The van der Waals surface area contributed by atoms with E-state index in [1.165, 1.54) is 0 Å². The lowest BCUT2D eigenvalue weighted by Gasteiger charge is -2.07. The molecular formula is C19H21N3O3. The summed E-state index contributed by atoms with van der Waals surface area (Å²) < 4.78 is 12.3. The molecule has 3 rings (SSSR count). The van der Waals surface area contributed by atoms with Crippen LogP contribution in [0.2, 0.25) is 0 Å². The van der Waals surface area contributed by atoms with Crippen molar-refractivity contribution in [2.24, 2.45) is 0 Å². The molecule has 0 saturated carbocycles. The van der Waals surface area contributed by atoms with E-state index >= 15 is 0 Å². The number of carbonyl (C=O) groups excluding carboxylic acids is 1. The Bertz CT molecular complexity index is 856. The van der Waals surface area contributed by atoms with Gasteiger partial charge in [-0.2, -0.15) is 0 Å². The molecule has 2 N–H and O–H groups in total. The van der Waals surface area contributed by atoms with Crippen LogP contribution in [0.4, 0.5) is 16.2 Å². The van der Waals surface area contributed by atoms with Crippen molar-refractivity contribution in [3.63, 3.8) is 0 Å². The number of carbonyl (C=O) groups is 1. The standard InChI is InChI=1S/C19H21N3O3/c1-24-12-11-22-13-17(16-5-3-4-6-18(16)22)21-19(23)20-14-7-9-15(25-2)10-8-14/h3-10,13H,11-12H2,1-2H3,(H2,20,21,23). The third-order valence-corrected chi connectivity index (χ3v) is 3.92. The van der Waals surface area contributed by atoms with Gasteiger partial charge < -0.3 is 24.7 Å². The molecule has 0 aliphatic heterocycles. The number of rotatable bonds is 6. The lowest BCUT2D eigenvalue weighted by molar-refractivity contribution is 0.188. The van der Waals surface area contributed by atoms with Crippen LogP contribution in [0.1, 0.15) is 0 Å². The second-order valence-electron chi connectivity index (χ2n) is 5.55. The molecule has 6 nitrogen and oxygen atoms in total. The zero-order valence-corrected chi connectivity index (χ0v) is 14.3. The van der Waals surface area contributed by atoms with Gasteiger partial charge >= 0.3 is 6.03 Å². The van der Waals surface area contributed by atoms with E-state index in [1.54, 1.807) is 38.5 Å². The first-order chi connectivity index (χ1) is 12.2. The Morgan fingerprint density at radius 3 is 2.52 bits per heavy atom. The number of urea groups is 1. The Labute approximate surface area is 146 Å². The van der Waals surface area contributed by atoms with Gasteiger partial charge in [-0.15, -0.1) is 0 Å². The van der Waals surface area contributed by atoms with Crippen molar-refractivity contribution in [3.05, 3.63) is 54.7 Å². The molecule has 6 heteroatoms. The van der Waals surface area contributed by atoms with Gasteiger partial charge in [-0.05, 0) is 30.3 Å². The molecule has 2 aromatic carbocycles. The Morgan fingerprint density at radius 1 is 1.04 bits per heavy atom. The lowest BCUT2D eigenvalue weighted by atomic mass is 10.2. The van der Waals surface area contributed by atoms with Crippen LogP contribution in [0.5, 0.6) is 5.75 Å². The molecule has 1 aromatic heterocycles. The van der Waals surface area contributed by atoms with Crippen LogP contribution in [0.3, 0.4) is 0 Å². The highest BCUT2D eigenvalue weighted by atomic mass is 16.5. The second kappa shape index (κ2) is 7.72. The summed E-state index contributed by atoms with van der Waals surface area (Å²) in [4.78, 5) is 12.3. The van der Waals surface area contributed by atoms with Gasteiger partial charge in [-0.3, -0.25) is 0 Å². The van der Waals surface area contributed by atoms with Crippen LogP contribution in [0.25, 0.3) is 10.9 Å².